The number of pyridine rings is 1. The van der Waals surface area contributed by atoms with Crippen molar-refractivity contribution in [2.24, 2.45) is 0 Å². The Labute approximate surface area is 78.6 Å². The molecule has 1 aliphatic heterocycles. The molecule has 2 heterocycles. The summed E-state index contributed by atoms with van der Waals surface area (Å²) in [6.07, 6.45) is 2.97. The second-order valence-corrected chi connectivity index (χ2v) is 3.47. The van der Waals surface area contributed by atoms with Crippen LogP contribution >= 0.6 is 0 Å². The average molecular weight is 177 g/mol. The molecule has 0 radical (unpaired) electrons. The first kappa shape index (κ1) is 8.66. The fourth-order valence-corrected chi connectivity index (χ4v) is 1.90. The number of aromatic nitrogens is 1. The molecule has 1 fully saturated rings. The number of nitrogens with zero attached hydrogens (tertiary/aromatic N) is 1. The Morgan fingerprint density at radius 3 is 3.00 bits per heavy atom. The lowest BCUT2D eigenvalue weighted by Crippen LogP contribution is -2.42. The van der Waals surface area contributed by atoms with Gasteiger partial charge in [0.25, 0.3) is 0 Å². The van der Waals surface area contributed by atoms with Gasteiger partial charge in [-0.05, 0) is 32.1 Å². The first-order valence-corrected chi connectivity index (χ1v) is 4.68. The lowest BCUT2D eigenvalue weighted by Gasteiger charge is -2.26. The zero-order valence-electron chi connectivity index (χ0n) is 7.88. The molecular formula is C10H15N3. The molecule has 1 aromatic rings. The van der Waals surface area contributed by atoms with Crippen molar-refractivity contribution in [2.75, 3.05) is 20.1 Å². The van der Waals surface area contributed by atoms with E-state index in [0.717, 1.165) is 25.2 Å². The summed E-state index contributed by atoms with van der Waals surface area (Å²) in [6, 6.07) is 6.08. The number of rotatable bonds is 2. The third-order valence-electron chi connectivity index (χ3n) is 2.79. The van der Waals surface area contributed by atoms with Gasteiger partial charge in [0.05, 0.1) is 11.2 Å². The van der Waals surface area contributed by atoms with E-state index in [1.165, 1.54) is 0 Å². The Bertz CT molecular complexity index is 265. The molecule has 3 heteroatoms. The minimum absolute atomic E-state index is 0.0568. The van der Waals surface area contributed by atoms with Crippen molar-refractivity contribution in [3.63, 3.8) is 0 Å². The van der Waals surface area contributed by atoms with Gasteiger partial charge >= 0.3 is 0 Å². The lowest BCUT2D eigenvalue weighted by atomic mass is 9.94. The van der Waals surface area contributed by atoms with Crippen molar-refractivity contribution in [3.05, 3.63) is 30.1 Å². The van der Waals surface area contributed by atoms with E-state index in [9.17, 15) is 0 Å². The molecule has 0 spiro atoms. The fraction of sp³-hybridized carbons (Fsp3) is 0.500. The van der Waals surface area contributed by atoms with Crippen molar-refractivity contribution >= 4 is 0 Å². The summed E-state index contributed by atoms with van der Waals surface area (Å²) in [7, 11) is 2.00. The van der Waals surface area contributed by atoms with Crippen LogP contribution in [0.15, 0.2) is 24.4 Å². The molecule has 70 valence electrons. The Morgan fingerprint density at radius 1 is 1.54 bits per heavy atom. The summed E-state index contributed by atoms with van der Waals surface area (Å²) < 4.78 is 0. The molecule has 1 aliphatic rings. The zero-order valence-corrected chi connectivity index (χ0v) is 7.88. The third-order valence-corrected chi connectivity index (χ3v) is 2.79. The minimum Gasteiger partial charge on any atom is -0.314 e. The van der Waals surface area contributed by atoms with Crippen molar-refractivity contribution in [1.29, 1.82) is 0 Å². The second-order valence-electron chi connectivity index (χ2n) is 3.47. The standard InChI is InChI=1S/C10H15N3/c1-11-10(5-7-12-8-10)9-4-2-3-6-13-9/h2-4,6,11-12H,5,7-8H2,1H3. The van der Waals surface area contributed by atoms with Gasteiger partial charge in [0, 0.05) is 12.7 Å². The van der Waals surface area contributed by atoms with Crippen LogP contribution in [0.4, 0.5) is 0 Å². The van der Waals surface area contributed by atoms with Crippen LogP contribution < -0.4 is 10.6 Å². The Kier molecular flexibility index (Phi) is 2.29. The largest absolute Gasteiger partial charge is 0.314 e. The van der Waals surface area contributed by atoms with Gasteiger partial charge in [-0.1, -0.05) is 6.07 Å². The van der Waals surface area contributed by atoms with Gasteiger partial charge in [-0.15, -0.1) is 0 Å². The summed E-state index contributed by atoms with van der Waals surface area (Å²) in [4.78, 5) is 4.40. The van der Waals surface area contributed by atoms with Crippen LogP contribution in [0, 0.1) is 0 Å². The van der Waals surface area contributed by atoms with Crippen molar-refractivity contribution < 1.29 is 0 Å². The third kappa shape index (κ3) is 1.45. The molecule has 2 rings (SSSR count). The molecule has 3 nitrogen and oxygen atoms in total. The van der Waals surface area contributed by atoms with Gasteiger partial charge in [-0.2, -0.15) is 0 Å². The smallest absolute Gasteiger partial charge is 0.0744 e. The van der Waals surface area contributed by atoms with Crippen LogP contribution in [0.5, 0.6) is 0 Å². The molecule has 1 unspecified atom stereocenters. The Hall–Kier alpha value is -0.930. The van der Waals surface area contributed by atoms with Gasteiger partial charge < -0.3 is 10.6 Å². The van der Waals surface area contributed by atoms with Crippen LogP contribution in [0.1, 0.15) is 12.1 Å². The quantitative estimate of drug-likeness (QED) is 0.690. The summed E-state index contributed by atoms with van der Waals surface area (Å²) in [6.45, 7) is 2.04. The minimum atomic E-state index is 0.0568. The zero-order chi connectivity index (χ0) is 9.15. The maximum Gasteiger partial charge on any atom is 0.0744 e. The van der Waals surface area contributed by atoms with Crippen LogP contribution in [0.3, 0.4) is 0 Å². The van der Waals surface area contributed by atoms with E-state index < -0.39 is 0 Å². The van der Waals surface area contributed by atoms with Crippen molar-refractivity contribution in [1.82, 2.24) is 15.6 Å². The van der Waals surface area contributed by atoms with E-state index in [1.807, 2.05) is 25.4 Å². The number of nitrogens with one attached hydrogen (secondary N) is 2. The van der Waals surface area contributed by atoms with Crippen LogP contribution in [0.2, 0.25) is 0 Å². The van der Waals surface area contributed by atoms with Gasteiger partial charge in [0.15, 0.2) is 0 Å². The SMILES string of the molecule is CNC1(c2ccccn2)CCNC1. The molecule has 2 N–H and O–H groups in total. The number of hydrogen-bond acceptors (Lipinski definition) is 3. The van der Waals surface area contributed by atoms with E-state index in [-0.39, 0.29) is 5.54 Å². The normalized spacial score (nSPS) is 27.8. The molecule has 1 atom stereocenters. The van der Waals surface area contributed by atoms with Crippen LogP contribution in [-0.4, -0.2) is 25.1 Å². The van der Waals surface area contributed by atoms with E-state index in [2.05, 4.69) is 21.7 Å². The van der Waals surface area contributed by atoms with E-state index in [0.29, 0.717) is 0 Å². The molecule has 0 aliphatic carbocycles. The van der Waals surface area contributed by atoms with Crippen molar-refractivity contribution in [3.8, 4) is 0 Å². The van der Waals surface area contributed by atoms with Crippen molar-refractivity contribution in [2.45, 2.75) is 12.0 Å². The number of likely N-dealkylation sites (N-methyl/N-ethyl adjacent to an activating group) is 1. The Balaban J connectivity index is 2.31. The molecule has 0 aromatic carbocycles. The molecule has 1 saturated heterocycles. The van der Waals surface area contributed by atoms with Gasteiger partial charge in [-0.3, -0.25) is 4.98 Å². The monoisotopic (exact) mass is 177 g/mol. The predicted molar refractivity (Wildman–Crippen MR) is 52.5 cm³/mol. The van der Waals surface area contributed by atoms with Crippen LogP contribution in [0.25, 0.3) is 0 Å². The van der Waals surface area contributed by atoms with Gasteiger partial charge in [0.1, 0.15) is 0 Å². The first-order chi connectivity index (χ1) is 6.37. The topological polar surface area (TPSA) is 37.0 Å². The maximum absolute atomic E-state index is 4.40. The molecular weight excluding hydrogens is 162 g/mol. The van der Waals surface area contributed by atoms with E-state index >= 15 is 0 Å². The summed E-state index contributed by atoms with van der Waals surface area (Å²) in [5, 5.41) is 6.73. The predicted octanol–water partition coefficient (Wildman–Crippen LogP) is 0.490. The fourth-order valence-electron chi connectivity index (χ4n) is 1.90. The highest BCUT2D eigenvalue weighted by Crippen LogP contribution is 2.24. The highest BCUT2D eigenvalue weighted by atomic mass is 15.1. The van der Waals surface area contributed by atoms with E-state index in [1.54, 1.807) is 0 Å². The Morgan fingerprint density at radius 2 is 2.46 bits per heavy atom. The van der Waals surface area contributed by atoms with Gasteiger partial charge in [-0.25, -0.2) is 0 Å². The van der Waals surface area contributed by atoms with Gasteiger partial charge in [0.2, 0.25) is 0 Å². The highest BCUT2D eigenvalue weighted by Gasteiger charge is 2.34. The first-order valence-electron chi connectivity index (χ1n) is 4.68. The highest BCUT2D eigenvalue weighted by molar-refractivity contribution is 5.18. The maximum atomic E-state index is 4.40. The lowest BCUT2D eigenvalue weighted by molar-refractivity contribution is 0.387. The molecule has 0 saturated carbocycles. The molecule has 1 aromatic heterocycles. The molecule has 0 bridgehead atoms. The van der Waals surface area contributed by atoms with E-state index in [4.69, 9.17) is 0 Å². The number of hydrogen-bond donors (Lipinski definition) is 2. The summed E-state index contributed by atoms with van der Waals surface area (Å²) >= 11 is 0. The summed E-state index contributed by atoms with van der Waals surface area (Å²) in [5.74, 6) is 0. The molecule has 0 amide bonds. The second kappa shape index (κ2) is 3.44. The van der Waals surface area contributed by atoms with Crippen LogP contribution in [-0.2, 0) is 5.54 Å². The summed E-state index contributed by atoms with van der Waals surface area (Å²) in [5.41, 5.74) is 1.20. The molecule has 13 heavy (non-hydrogen) atoms. The average Bonchev–Trinajstić information content (AvgIpc) is 2.69.